The van der Waals surface area contributed by atoms with Crippen LogP contribution in [0.1, 0.15) is 74.9 Å². The summed E-state index contributed by atoms with van der Waals surface area (Å²) < 4.78 is 82.9. The first-order valence-electron chi connectivity index (χ1n) is 9.84. The van der Waals surface area contributed by atoms with Gasteiger partial charge >= 0.3 is 12.4 Å². The molecule has 0 bridgehead atoms. The molecule has 0 radical (unpaired) electrons. The van der Waals surface area contributed by atoms with Crippen LogP contribution in [0.3, 0.4) is 0 Å². The van der Waals surface area contributed by atoms with Crippen molar-refractivity contribution in [2.24, 2.45) is 0 Å². The van der Waals surface area contributed by atoms with E-state index in [1.807, 2.05) is 0 Å². The Morgan fingerprint density at radius 3 is 1.45 bits per heavy atom. The molecule has 0 atom stereocenters. The predicted octanol–water partition coefficient (Wildman–Crippen LogP) is 8.31. The van der Waals surface area contributed by atoms with Crippen LogP contribution < -0.4 is 0 Å². The fourth-order valence-corrected chi connectivity index (χ4v) is 3.66. The largest absolute Gasteiger partial charge is 0.507 e. The molecule has 0 saturated heterocycles. The van der Waals surface area contributed by atoms with Gasteiger partial charge in [-0.25, -0.2) is 0 Å². The molecule has 0 heterocycles. The number of alkyl halides is 6. The lowest BCUT2D eigenvalue weighted by Gasteiger charge is -2.28. The molecule has 0 unspecified atom stereocenters. The number of rotatable bonds is 1. The van der Waals surface area contributed by atoms with Crippen LogP contribution in [0.25, 0.3) is 11.1 Å². The first kappa shape index (κ1) is 25.1. The van der Waals surface area contributed by atoms with Gasteiger partial charge in [0.25, 0.3) is 0 Å². The van der Waals surface area contributed by atoms with Gasteiger partial charge in [-0.3, -0.25) is 0 Å². The second-order valence-electron chi connectivity index (χ2n) is 10.0. The summed E-state index contributed by atoms with van der Waals surface area (Å²) in [6.07, 6.45) is -9.42. The number of phenolic OH excluding ortho intramolecular Hbond substituents is 1. The summed E-state index contributed by atoms with van der Waals surface area (Å²) in [6.45, 7) is 12.5. The van der Waals surface area contributed by atoms with Crippen LogP contribution in [0.15, 0.2) is 18.2 Å². The number of benzene rings is 2. The van der Waals surface area contributed by atoms with E-state index in [2.05, 4.69) is 0 Å². The molecule has 0 fully saturated rings. The Morgan fingerprint density at radius 1 is 0.613 bits per heavy atom. The van der Waals surface area contributed by atoms with Crippen LogP contribution in [-0.4, -0.2) is 5.11 Å². The molecule has 2 rings (SSSR count). The van der Waals surface area contributed by atoms with Gasteiger partial charge in [-0.2, -0.15) is 26.3 Å². The Kier molecular flexibility index (Phi) is 6.03. The van der Waals surface area contributed by atoms with Gasteiger partial charge in [0.15, 0.2) is 0 Å². The SMILES string of the molecule is Cc1c(-c2c(C)c(C(F)(F)F)cc(C(C)(C)C)c2O)cc(C(C)(C)C)cc1C(F)(F)F. The van der Waals surface area contributed by atoms with Crippen LogP contribution in [0.2, 0.25) is 0 Å². The fraction of sp³-hybridized carbons (Fsp3) is 0.500. The number of phenols is 1. The van der Waals surface area contributed by atoms with Crippen molar-refractivity contribution in [3.05, 3.63) is 51.6 Å². The highest BCUT2D eigenvalue weighted by Crippen LogP contribution is 2.49. The van der Waals surface area contributed by atoms with Crippen molar-refractivity contribution in [1.29, 1.82) is 0 Å². The predicted molar refractivity (Wildman–Crippen MR) is 110 cm³/mol. The van der Waals surface area contributed by atoms with Crippen molar-refractivity contribution in [3.63, 3.8) is 0 Å². The van der Waals surface area contributed by atoms with Gasteiger partial charge in [0, 0.05) is 11.1 Å². The number of hydrogen-bond donors (Lipinski definition) is 1. The Hall–Kier alpha value is -2.18. The fourth-order valence-electron chi connectivity index (χ4n) is 3.66. The molecule has 0 aromatic heterocycles. The topological polar surface area (TPSA) is 20.2 Å². The van der Waals surface area contributed by atoms with Crippen molar-refractivity contribution in [2.75, 3.05) is 0 Å². The Labute approximate surface area is 179 Å². The summed E-state index contributed by atoms with van der Waals surface area (Å²) in [5.74, 6) is -0.430. The summed E-state index contributed by atoms with van der Waals surface area (Å²) in [6, 6.07) is 3.38. The molecular formula is C24H28F6O. The molecule has 2 aromatic rings. The third-order valence-corrected chi connectivity index (χ3v) is 5.52. The highest BCUT2D eigenvalue weighted by Gasteiger charge is 2.39. The van der Waals surface area contributed by atoms with E-state index in [0.29, 0.717) is 5.56 Å². The minimum Gasteiger partial charge on any atom is -0.507 e. The molecule has 0 amide bonds. The number of halogens is 6. The molecule has 31 heavy (non-hydrogen) atoms. The minimum absolute atomic E-state index is 0.0227. The zero-order valence-corrected chi connectivity index (χ0v) is 18.9. The second kappa shape index (κ2) is 7.45. The van der Waals surface area contributed by atoms with Crippen LogP contribution >= 0.6 is 0 Å². The molecule has 1 N–H and O–H groups in total. The standard InChI is InChI=1S/C24H28F6O/c1-12-15(9-14(21(3,4)5)10-16(12)23(25,26)27)19-13(2)17(24(28,29)30)11-18(20(19)31)22(6,7)8/h9-11,31H,1-8H3. The summed E-state index contributed by atoms with van der Waals surface area (Å²) in [4.78, 5) is 0. The molecule has 0 spiro atoms. The monoisotopic (exact) mass is 446 g/mol. The Bertz CT molecular complexity index is 961. The zero-order valence-electron chi connectivity index (χ0n) is 18.9. The summed E-state index contributed by atoms with van der Waals surface area (Å²) >= 11 is 0. The zero-order chi connectivity index (χ0) is 24.3. The highest BCUT2D eigenvalue weighted by molar-refractivity contribution is 5.81. The molecule has 7 heteroatoms. The van der Waals surface area contributed by atoms with Gasteiger partial charge in [-0.15, -0.1) is 0 Å². The Balaban J connectivity index is 3.13. The number of aromatic hydroxyl groups is 1. The molecule has 2 aromatic carbocycles. The van der Waals surface area contributed by atoms with E-state index in [9.17, 15) is 31.4 Å². The van der Waals surface area contributed by atoms with Crippen molar-refractivity contribution >= 4 is 0 Å². The van der Waals surface area contributed by atoms with E-state index in [4.69, 9.17) is 0 Å². The average molecular weight is 446 g/mol. The van der Waals surface area contributed by atoms with E-state index >= 15 is 0 Å². The third-order valence-electron chi connectivity index (χ3n) is 5.52. The van der Waals surface area contributed by atoms with Gasteiger partial charge in [0.2, 0.25) is 0 Å². The van der Waals surface area contributed by atoms with Gasteiger partial charge < -0.3 is 5.11 Å². The van der Waals surface area contributed by atoms with Gasteiger partial charge in [-0.1, -0.05) is 47.6 Å². The van der Waals surface area contributed by atoms with E-state index in [1.54, 1.807) is 41.5 Å². The van der Waals surface area contributed by atoms with Crippen molar-refractivity contribution in [3.8, 4) is 16.9 Å². The summed E-state index contributed by atoms with van der Waals surface area (Å²) in [5.41, 5.74) is -3.92. The van der Waals surface area contributed by atoms with Crippen LogP contribution in [0, 0.1) is 13.8 Å². The lowest BCUT2D eigenvalue weighted by atomic mass is 9.78. The molecular weight excluding hydrogens is 418 g/mol. The quantitative estimate of drug-likeness (QED) is 0.437. The van der Waals surface area contributed by atoms with E-state index in [0.717, 1.165) is 12.1 Å². The second-order valence-corrected chi connectivity index (χ2v) is 10.0. The maximum absolute atomic E-state index is 13.8. The Morgan fingerprint density at radius 2 is 1.06 bits per heavy atom. The molecule has 1 nitrogen and oxygen atoms in total. The van der Waals surface area contributed by atoms with Crippen molar-refractivity contribution < 1.29 is 31.4 Å². The molecule has 0 aliphatic heterocycles. The first-order valence-corrected chi connectivity index (χ1v) is 9.84. The van der Waals surface area contributed by atoms with Gasteiger partial charge in [-0.05, 0) is 59.1 Å². The molecule has 0 aliphatic carbocycles. The number of hydrogen-bond acceptors (Lipinski definition) is 1. The molecule has 172 valence electrons. The first-order chi connectivity index (χ1) is 13.7. The van der Waals surface area contributed by atoms with Crippen LogP contribution in [0.4, 0.5) is 26.3 Å². The lowest BCUT2D eigenvalue weighted by Crippen LogP contribution is -2.18. The van der Waals surface area contributed by atoms with E-state index in [1.165, 1.54) is 19.9 Å². The molecule has 0 saturated carbocycles. The minimum atomic E-state index is -4.73. The van der Waals surface area contributed by atoms with Crippen LogP contribution in [0.5, 0.6) is 5.75 Å². The lowest BCUT2D eigenvalue weighted by molar-refractivity contribution is -0.139. The van der Waals surface area contributed by atoms with Gasteiger partial charge in [0.1, 0.15) is 5.75 Å². The summed E-state index contributed by atoms with van der Waals surface area (Å²) in [5, 5.41) is 11.0. The summed E-state index contributed by atoms with van der Waals surface area (Å²) in [7, 11) is 0. The van der Waals surface area contributed by atoms with E-state index in [-0.39, 0.29) is 27.8 Å². The average Bonchev–Trinajstić information content (AvgIpc) is 2.51. The van der Waals surface area contributed by atoms with Crippen LogP contribution in [-0.2, 0) is 23.2 Å². The van der Waals surface area contributed by atoms with Crippen molar-refractivity contribution in [2.45, 2.75) is 78.6 Å². The normalized spacial score (nSPS) is 13.6. The molecule has 0 aliphatic rings. The third kappa shape index (κ3) is 4.85. The van der Waals surface area contributed by atoms with Crippen molar-refractivity contribution in [1.82, 2.24) is 0 Å². The highest BCUT2D eigenvalue weighted by atomic mass is 19.4. The van der Waals surface area contributed by atoms with E-state index < -0.39 is 40.1 Å². The smallest absolute Gasteiger partial charge is 0.416 e. The maximum atomic E-state index is 13.8. The maximum Gasteiger partial charge on any atom is 0.416 e. The van der Waals surface area contributed by atoms with Gasteiger partial charge in [0.05, 0.1) is 11.1 Å².